The van der Waals surface area contributed by atoms with Gasteiger partial charge in [-0.15, -0.1) is 0 Å². The number of benzene rings is 2. The van der Waals surface area contributed by atoms with Crippen molar-refractivity contribution < 1.29 is 19.1 Å². The average molecular weight is 382 g/mol. The van der Waals surface area contributed by atoms with Crippen LogP contribution >= 0.6 is 0 Å². The number of carbonyl (C=O) groups excluding carboxylic acids is 2. The topological polar surface area (TPSA) is 76.7 Å². The molecule has 6 heteroatoms. The molecule has 2 N–H and O–H groups in total. The van der Waals surface area contributed by atoms with Gasteiger partial charge in [0.25, 0.3) is 0 Å². The van der Waals surface area contributed by atoms with Gasteiger partial charge in [0, 0.05) is 5.69 Å². The van der Waals surface area contributed by atoms with Crippen molar-refractivity contribution in [1.29, 1.82) is 0 Å². The molecular formula is C22H26N2O4. The van der Waals surface area contributed by atoms with E-state index in [4.69, 9.17) is 9.47 Å². The van der Waals surface area contributed by atoms with Crippen molar-refractivity contribution in [3.05, 3.63) is 60.2 Å². The third-order valence-corrected chi connectivity index (χ3v) is 4.23. The molecule has 0 aromatic heterocycles. The van der Waals surface area contributed by atoms with Crippen LogP contribution in [0.4, 0.5) is 11.4 Å². The highest BCUT2D eigenvalue weighted by Gasteiger charge is 2.29. The number of carbonyl (C=O) groups is 2. The monoisotopic (exact) mass is 382 g/mol. The highest BCUT2D eigenvalue weighted by Crippen LogP contribution is 2.25. The van der Waals surface area contributed by atoms with Gasteiger partial charge in [0.2, 0.25) is 11.8 Å². The smallest absolute Gasteiger partial charge is 0.241 e. The number of hydrogen-bond donors (Lipinski definition) is 2. The highest BCUT2D eigenvalue weighted by atomic mass is 16.5. The van der Waals surface area contributed by atoms with Crippen molar-refractivity contribution in [3.8, 4) is 11.5 Å². The molecular weight excluding hydrogens is 356 g/mol. The average Bonchev–Trinajstić information content (AvgIpc) is 2.69. The molecule has 0 fully saturated rings. The maximum atomic E-state index is 12.9. The molecule has 0 aliphatic heterocycles. The zero-order valence-electron chi connectivity index (χ0n) is 16.6. The number of rotatable bonds is 8. The number of anilines is 2. The fourth-order valence-corrected chi connectivity index (χ4v) is 2.81. The van der Waals surface area contributed by atoms with Crippen LogP contribution in [0.25, 0.3) is 0 Å². The van der Waals surface area contributed by atoms with Crippen molar-refractivity contribution in [2.45, 2.75) is 20.3 Å². The van der Waals surface area contributed by atoms with E-state index in [0.717, 1.165) is 6.42 Å². The maximum absolute atomic E-state index is 12.9. The molecule has 0 aliphatic rings. The Kier molecular flexibility index (Phi) is 7.63. The summed E-state index contributed by atoms with van der Waals surface area (Å²) < 4.78 is 10.4. The number of hydrogen-bond acceptors (Lipinski definition) is 4. The van der Waals surface area contributed by atoms with Crippen LogP contribution in [0.5, 0.6) is 11.5 Å². The van der Waals surface area contributed by atoms with Crippen LogP contribution in [0, 0.1) is 5.92 Å². The van der Waals surface area contributed by atoms with E-state index in [1.54, 1.807) is 56.5 Å². The van der Waals surface area contributed by atoms with E-state index in [1.165, 1.54) is 7.11 Å². The van der Waals surface area contributed by atoms with E-state index in [0.29, 0.717) is 28.4 Å². The number of ether oxygens (including phenoxy) is 2. The standard InChI is InChI=1S/C22H26N2O4/c1-5-8-15(2)20(21(25)23-16-11-13-17(27-3)14-12-16)22(26)24-18-9-6-7-10-19(18)28-4/h6-14,20H,5H2,1-4H3,(H,23,25)(H,24,26). The molecule has 2 rings (SSSR count). The molecule has 0 radical (unpaired) electrons. The summed E-state index contributed by atoms with van der Waals surface area (Å²) in [6.07, 6.45) is 2.60. The first kappa shape index (κ1) is 21.0. The minimum Gasteiger partial charge on any atom is -0.497 e. The van der Waals surface area contributed by atoms with Gasteiger partial charge in [-0.05, 0) is 49.7 Å². The van der Waals surface area contributed by atoms with Gasteiger partial charge in [0.15, 0.2) is 0 Å². The SMILES string of the molecule is CCC=C(C)C(C(=O)Nc1ccc(OC)cc1)C(=O)Nc1ccccc1OC. The molecule has 148 valence electrons. The first-order valence-electron chi connectivity index (χ1n) is 9.05. The molecule has 2 aromatic carbocycles. The molecule has 2 amide bonds. The zero-order chi connectivity index (χ0) is 20.5. The fraction of sp³-hybridized carbons (Fsp3) is 0.273. The van der Waals surface area contributed by atoms with Gasteiger partial charge in [-0.3, -0.25) is 9.59 Å². The Morgan fingerprint density at radius 2 is 1.61 bits per heavy atom. The first-order chi connectivity index (χ1) is 13.5. The van der Waals surface area contributed by atoms with Crippen LogP contribution in [0.15, 0.2) is 60.2 Å². The van der Waals surface area contributed by atoms with Crippen molar-refractivity contribution in [2.24, 2.45) is 5.92 Å². The van der Waals surface area contributed by atoms with Crippen LogP contribution in [-0.4, -0.2) is 26.0 Å². The third kappa shape index (κ3) is 5.36. The second-order valence-electron chi connectivity index (χ2n) is 6.20. The summed E-state index contributed by atoms with van der Waals surface area (Å²) in [5.41, 5.74) is 1.78. The van der Waals surface area contributed by atoms with Crippen LogP contribution in [-0.2, 0) is 9.59 Å². The Morgan fingerprint density at radius 1 is 0.964 bits per heavy atom. The van der Waals surface area contributed by atoms with Crippen molar-refractivity contribution >= 4 is 23.2 Å². The summed E-state index contributed by atoms with van der Waals surface area (Å²) in [7, 11) is 3.10. The molecule has 1 unspecified atom stereocenters. The Morgan fingerprint density at radius 3 is 2.21 bits per heavy atom. The Labute approximate surface area is 165 Å². The second kappa shape index (κ2) is 10.2. The van der Waals surface area contributed by atoms with E-state index in [-0.39, 0.29) is 0 Å². The number of para-hydroxylation sites is 2. The lowest BCUT2D eigenvalue weighted by Gasteiger charge is -2.19. The lowest BCUT2D eigenvalue weighted by molar-refractivity contribution is -0.127. The number of amides is 2. The van der Waals surface area contributed by atoms with E-state index in [2.05, 4.69) is 10.6 Å². The Bertz CT molecular complexity index is 844. The predicted molar refractivity (Wildman–Crippen MR) is 111 cm³/mol. The molecule has 0 saturated carbocycles. The highest BCUT2D eigenvalue weighted by molar-refractivity contribution is 6.13. The van der Waals surface area contributed by atoms with E-state index < -0.39 is 17.7 Å². The zero-order valence-corrected chi connectivity index (χ0v) is 16.6. The molecule has 1 atom stereocenters. The van der Waals surface area contributed by atoms with Crippen molar-refractivity contribution in [1.82, 2.24) is 0 Å². The lowest BCUT2D eigenvalue weighted by Crippen LogP contribution is -2.34. The molecule has 28 heavy (non-hydrogen) atoms. The molecule has 0 bridgehead atoms. The van der Waals surface area contributed by atoms with Gasteiger partial charge in [0.1, 0.15) is 17.4 Å². The van der Waals surface area contributed by atoms with Gasteiger partial charge < -0.3 is 20.1 Å². The largest absolute Gasteiger partial charge is 0.497 e. The summed E-state index contributed by atoms with van der Waals surface area (Å²) in [6.45, 7) is 3.74. The van der Waals surface area contributed by atoms with Gasteiger partial charge in [-0.1, -0.05) is 30.7 Å². The predicted octanol–water partition coefficient (Wildman–Crippen LogP) is 4.25. The summed E-state index contributed by atoms with van der Waals surface area (Å²) in [6, 6.07) is 14.0. The quantitative estimate of drug-likeness (QED) is 0.528. The Balaban J connectivity index is 2.23. The molecule has 6 nitrogen and oxygen atoms in total. The van der Waals surface area contributed by atoms with E-state index >= 15 is 0 Å². The van der Waals surface area contributed by atoms with E-state index in [1.807, 2.05) is 19.1 Å². The van der Waals surface area contributed by atoms with Gasteiger partial charge in [0.05, 0.1) is 19.9 Å². The first-order valence-corrected chi connectivity index (χ1v) is 9.05. The minimum atomic E-state index is -0.966. The summed E-state index contributed by atoms with van der Waals surface area (Å²) in [5, 5.41) is 5.60. The third-order valence-electron chi connectivity index (χ3n) is 4.23. The Hall–Kier alpha value is -3.28. The maximum Gasteiger partial charge on any atom is 0.241 e. The molecule has 0 spiro atoms. The molecule has 0 heterocycles. The van der Waals surface area contributed by atoms with Crippen LogP contribution in [0.3, 0.4) is 0 Å². The second-order valence-corrected chi connectivity index (χ2v) is 6.20. The van der Waals surface area contributed by atoms with Gasteiger partial charge >= 0.3 is 0 Å². The summed E-state index contributed by atoms with van der Waals surface area (Å²) in [5.74, 6) is -0.572. The summed E-state index contributed by atoms with van der Waals surface area (Å²) >= 11 is 0. The van der Waals surface area contributed by atoms with E-state index in [9.17, 15) is 9.59 Å². The number of allylic oxidation sites excluding steroid dienone is 1. The summed E-state index contributed by atoms with van der Waals surface area (Å²) in [4.78, 5) is 25.8. The van der Waals surface area contributed by atoms with Crippen LogP contribution in [0.1, 0.15) is 20.3 Å². The van der Waals surface area contributed by atoms with Crippen molar-refractivity contribution in [2.75, 3.05) is 24.9 Å². The minimum absolute atomic E-state index is 0.403. The van der Waals surface area contributed by atoms with Crippen LogP contribution in [0.2, 0.25) is 0 Å². The van der Waals surface area contributed by atoms with Crippen LogP contribution < -0.4 is 20.1 Å². The molecule has 0 saturated heterocycles. The molecule has 2 aromatic rings. The molecule has 0 aliphatic carbocycles. The normalized spacial score (nSPS) is 12.1. The number of methoxy groups -OCH3 is 2. The fourth-order valence-electron chi connectivity index (χ4n) is 2.81. The number of nitrogens with one attached hydrogen (secondary N) is 2. The van der Waals surface area contributed by atoms with Gasteiger partial charge in [-0.25, -0.2) is 0 Å². The van der Waals surface area contributed by atoms with Gasteiger partial charge in [-0.2, -0.15) is 0 Å². The van der Waals surface area contributed by atoms with Crippen molar-refractivity contribution in [3.63, 3.8) is 0 Å². The lowest BCUT2D eigenvalue weighted by atomic mass is 9.97.